The Hall–Kier alpha value is -1.82. The molecule has 1 heterocycles. The molecule has 0 spiro atoms. The number of nitrogens with two attached hydrogens (primary N) is 1. The Morgan fingerprint density at radius 1 is 1.43 bits per heavy atom. The summed E-state index contributed by atoms with van der Waals surface area (Å²) in [5, 5.41) is 7.34. The van der Waals surface area contributed by atoms with Gasteiger partial charge in [-0.1, -0.05) is 12.5 Å². The van der Waals surface area contributed by atoms with Crippen LogP contribution in [0.5, 0.6) is 0 Å². The molecule has 1 aliphatic carbocycles. The van der Waals surface area contributed by atoms with Crippen LogP contribution >= 0.6 is 15.9 Å². The van der Waals surface area contributed by atoms with Crippen LogP contribution in [0.25, 0.3) is 0 Å². The van der Waals surface area contributed by atoms with Gasteiger partial charge in [0.05, 0.1) is 10.7 Å². The topological polar surface area (TPSA) is 72.9 Å². The maximum absolute atomic E-state index is 12.5. The van der Waals surface area contributed by atoms with Crippen LogP contribution in [0.15, 0.2) is 39.7 Å². The number of nitrogen functional groups attached to an aromatic ring is 1. The Labute approximate surface area is 131 Å². The summed E-state index contributed by atoms with van der Waals surface area (Å²) in [7, 11) is 0. The molecule has 110 valence electrons. The molecule has 0 aliphatic heterocycles. The second-order valence-electron chi connectivity index (χ2n) is 5.40. The highest BCUT2D eigenvalue weighted by molar-refractivity contribution is 9.10. The van der Waals surface area contributed by atoms with Crippen LogP contribution in [-0.2, 0) is 6.54 Å². The van der Waals surface area contributed by atoms with Crippen LogP contribution in [0, 0.1) is 5.92 Å². The normalized spacial score (nSPS) is 14.7. The van der Waals surface area contributed by atoms with E-state index in [0.29, 0.717) is 28.3 Å². The lowest BCUT2D eigenvalue weighted by molar-refractivity contribution is 0.262. The second kappa shape index (κ2) is 5.89. The maximum Gasteiger partial charge on any atom is 0.291 e. The monoisotopic (exact) mass is 348 g/mol. The van der Waals surface area contributed by atoms with Gasteiger partial charge in [0, 0.05) is 17.9 Å². The molecule has 3 N–H and O–H groups in total. The molecule has 1 saturated carbocycles. The minimum absolute atomic E-state index is 0.112. The average molecular weight is 349 g/mol. The Balaban J connectivity index is 1.89. The molecule has 1 aliphatic rings. The largest absolute Gasteiger partial charge is 0.399 e. The first-order valence-corrected chi connectivity index (χ1v) is 7.81. The Morgan fingerprint density at radius 3 is 2.90 bits per heavy atom. The van der Waals surface area contributed by atoms with E-state index in [0.717, 1.165) is 5.69 Å². The van der Waals surface area contributed by atoms with E-state index in [2.05, 4.69) is 26.3 Å². The van der Waals surface area contributed by atoms with Crippen LogP contribution in [0.2, 0.25) is 0 Å². The van der Waals surface area contributed by atoms with Crippen LogP contribution in [-0.4, -0.2) is 9.78 Å². The number of aromatic nitrogens is 2. The van der Waals surface area contributed by atoms with Crippen molar-refractivity contribution in [2.75, 3.05) is 11.1 Å². The Morgan fingerprint density at radius 2 is 2.24 bits per heavy atom. The molecule has 5 nitrogen and oxygen atoms in total. The molecule has 0 unspecified atom stereocenters. The van der Waals surface area contributed by atoms with Gasteiger partial charge >= 0.3 is 0 Å². The highest BCUT2D eigenvalue weighted by atomic mass is 79.9. The van der Waals surface area contributed by atoms with E-state index in [1.54, 1.807) is 16.9 Å². The quantitative estimate of drug-likeness (QED) is 0.832. The van der Waals surface area contributed by atoms with Crippen LogP contribution in [0.4, 0.5) is 17.1 Å². The third kappa shape index (κ3) is 3.10. The third-order valence-electron chi connectivity index (χ3n) is 3.81. The molecular weight excluding hydrogens is 332 g/mol. The van der Waals surface area contributed by atoms with Crippen molar-refractivity contribution in [2.24, 2.45) is 5.92 Å². The second-order valence-corrected chi connectivity index (χ2v) is 6.26. The third-order valence-corrected chi connectivity index (χ3v) is 4.41. The molecule has 0 radical (unpaired) electrons. The molecule has 1 fully saturated rings. The van der Waals surface area contributed by atoms with Gasteiger partial charge in [0.25, 0.3) is 5.56 Å². The summed E-state index contributed by atoms with van der Waals surface area (Å²) < 4.78 is 2.20. The highest BCUT2D eigenvalue weighted by Crippen LogP contribution is 2.28. The van der Waals surface area contributed by atoms with Crippen molar-refractivity contribution in [2.45, 2.75) is 25.8 Å². The van der Waals surface area contributed by atoms with Crippen molar-refractivity contribution in [3.8, 4) is 0 Å². The molecule has 6 heteroatoms. The summed E-state index contributed by atoms with van der Waals surface area (Å²) >= 11 is 3.38. The number of hydrogen-bond acceptors (Lipinski definition) is 4. The van der Waals surface area contributed by atoms with E-state index in [4.69, 9.17) is 5.73 Å². The zero-order chi connectivity index (χ0) is 14.8. The molecule has 0 amide bonds. The maximum atomic E-state index is 12.5. The van der Waals surface area contributed by atoms with Gasteiger partial charge in [-0.2, -0.15) is 5.10 Å². The number of nitrogens with one attached hydrogen (secondary N) is 1. The Bertz CT molecular complexity index is 709. The number of benzene rings is 1. The lowest BCUT2D eigenvalue weighted by Crippen LogP contribution is -2.30. The van der Waals surface area contributed by atoms with E-state index >= 15 is 0 Å². The molecule has 21 heavy (non-hydrogen) atoms. The first kappa shape index (κ1) is 14.1. The summed E-state index contributed by atoms with van der Waals surface area (Å²) in [6.45, 7) is 0.692. The van der Waals surface area contributed by atoms with Crippen molar-refractivity contribution in [3.05, 3.63) is 45.3 Å². The van der Waals surface area contributed by atoms with Gasteiger partial charge in [-0.25, -0.2) is 4.68 Å². The van der Waals surface area contributed by atoms with E-state index in [1.807, 2.05) is 18.2 Å². The minimum atomic E-state index is -0.112. The summed E-state index contributed by atoms with van der Waals surface area (Å²) in [5.41, 5.74) is 7.58. The summed E-state index contributed by atoms with van der Waals surface area (Å²) in [5.74, 6) is 0.580. The smallest absolute Gasteiger partial charge is 0.291 e. The van der Waals surface area contributed by atoms with Crippen molar-refractivity contribution in [1.29, 1.82) is 0 Å². The van der Waals surface area contributed by atoms with E-state index < -0.39 is 0 Å². The van der Waals surface area contributed by atoms with Crippen molar-refractivity contribution in [1.82, 2.24) is 9.78 Å². The zero-order valence-corrected chi connectivity index (χ0v) is 13.1. The molecule has 1 aromatic carbocycles. The molecule has 3 rings (SSSR count). The van der Waals surface area contributed by atoms with E-state index in [1.165, 1.54) is 19.3 Å². The molecule has 1 aromatic heterocycles. The predicted octanol–water partition coefficient (Wildman–Crippen LogP) is 3.13. The molecular formula is C15H17BrN4O. The van der Waals surface area contributed by atoms with Crippen molar-refractivity contribution < 1.29 is 0 Å². The van der Waals surface area contributed by atoms with Crippen LogP contribution in [0.3, 0.4) is 0 Å². The standard InChI is InChI=1S/C15H17BrN4O/c16-13-8-18-20(9-10-3-1-4-10)15(21)14(13)19-12-6-2-5-11(17)7-12/h2,5-8,10,19H,1,3-4,9,17H2. The number of halogens is 1. The fourth-order valence-corrected chi connectivity index (χ4v) is 2.75. The van der Waals surface area contributed by atoms with Gasteiger partial charge in [0.1, 0.15) is 5.69 Å². The summed E-state index contributed by atoms with van der Waals surface area (Å²) in [6, 6.07) is 7.32. The molecule has 0 atom stereocenters. The van der Waals surface area contributed by atoms with Crippen molar-refractivity contribution >= 4 is 33.0 Å². The minimum Gasteiger partial charge on any atom is -0.399 e. The van der Waals surface area contributed by atoms with Crippen molar-refractivity contribution in [3.63, 3.8) is 0 Å². The lowest BCUT2D eigenvalue weighted by atomic mass is 9.85. The SMILES string of the molecule is Nc1cccc(Nc2c(Br)cnn(CC3CCC3)c2=O)c1. The van der Waals surface area contributed by atoms with Gasteiger partial charge in [-0.05, 0) is 52.9 Å². The average Bonchev–Trinajstić information content (AvgIpc) is 2.41. The molecule has 0 bridgehead atoms. The number of nitrogens with zero attached hydrogens (tertiary/aromatic N) is 2. The molecule has 0 saturated heterocycles. The zero-order valence-electron chi connectivity index (χ0n) is 11.6. The van der Waals surface area contributed by atoms with Crippen LogP contribution in [0.1, 0.15) is 19.3 Å². The van der Waals surface area contributed by atoms with Gasteiger partial charge in [0.15, 0.2) is 0 Å². The highest BCUT2D eigenvalue weighted by Gasteiger charge is 2.20. The summed E-state index contributed by atoms with van der Waals surface area (Å²) in [4.78, 5) is 12.5. The van der Waals surface area contributed by atoms with Gasteiger partial charge < -0.3 is 11.1 Å². The Kier molecular flexibility index (Phi) is 3.96. The van der Waals surface area contributed by atoms with Gasteiger partial charge in [-0.3, -0.25) is 4.79 Å². The van der Waals surface area contributed by atoms with E-state index in [9.17, 15) is 4.79 Å². The predicted molar refractivity (Wildman–Crippen MR) is 87.7 cm³/mol. The first-order chi connectivity index (χ1) is 10.1. The number of rotatable bonds is 4. The molecule has 2 aromatic rings. The fourth-order valence-electron chi connectivity index (χ4n) is 2.39. The fraction of sp³-hybridized carbons (Fsp3) is 0.333. The summed E-state index contributed by atoms with van der Waals surface area (Å²) in [6.07, 6.45) is 5.28. The van der Waals surface area contributed by atoms with Gasteiger partial charge in [-0.15, -0.1) is 0 Å². The number of anilines is 3. The lowest BCUT2D eigenvalue weighted by Gasteiger charge is -2.25. The number of hydrogen-bond donors (Lipinski definition) is 2. The first-order valence-electron chi connectivity index (χ1n) is 7.01. The van der Waals surface area contributed by atoms with Gasteiger partial charge in [0.2, 0.25) is 0 Å². The van der Waals surface area contributed by atoms with E-state index in [-0.39, 0.29) is 5.56 Å². The van der Waals surface area contributed by atoms with Crippen LogP contribution < -0.4 is 16.6 Å².